The first-order chi connectivity index (χ1) is 16.6. The Bertz CT molecular complexity index is 897. The van der Waals surface area contributed by atoms with Crippen molar-refractivity contribution in [3.8, 4) is 0 Å². The van der Waals surface area contributed by atoms with Gasteiger partial charge in [0.2, 0.25) is 5.91 Å². The van der Waals surface area contributed by atoms with Crippen molar-refractivity contribution in [2.45, 2.75) is 57.6 Å². The van der Waals surface area contributed by atoms with Crippen molar-refractivity contribution >= 4 is 11.8 Å². The number of carbonyl (C=O) groups is 2. The van der Waals surface area contributed by atoms with Crippen LogP contribution in [0.1, 0.15) is 73.0 Å². The Morgan fingerprint density at radius 1 is 1.00 bits per heavy atom. The Kier molecular flexibility index (Phi) is 10.6. The second-order valence-electron chi connectivity index (χ2n) is 9.24. The molecule has 1 aliphatic carbocycles. The van der Waals surface area contributed by atoms with Crippen LogP contribution in [-0.2, 0) is 9.53 Å². The number of carbonyl (C=O) groups excluding carboxylic acids is 2. The summed E-state index contributed by atoms with van der Waals surface area (Å²) in [5.74, 6) is 0.559. The van der Waals surface area contributed by atoms with Crippen LogP contribution in [0, 0.1) is 5.92 Å². The third kappa shape index (κ3) is 8.26. The maximum Gasteiger partial charge on any atom is 0.251 e. The number of ether oxygens (including phenoxy) is 1. The zero-order valence-corrected chi connectivity index (χ0v) is 20.5. The highest BCUT2D eigenvalue weighted by molar-refractivity contribution is 5.94. The van der Waals surface area contributed by atoms with Crippen LogP contribution in [0.4, 0.5) is 0 Å². The largest absolute Gasteiger partial charge is 0.367 e. The van der Waals surface area contributed by atoms with Gasteiger partial charge in [0, 0.05) is 31.6 Å². The Morgan fingerprint density at radius 3 is 2.44 bits per heavy atom. The van der Waals surface area contributed by atoms with Gasteiger partial charge in [-0.2, -0.15) is 0 Å². The van der Waals surface area contributed by atoms with Gasteiger partial charge in [0.15, 0.2) is 0 Å². The summed E-state index contributed by atoms with van der Waals surface area (Å²) in [6, 6.07) is 17.7. The van der Waals surface area contributed by atoms with Crippen LogP contribution in [0.3, 0.4) is 0 Å². The average molecular weight is 466 g/mol. The van der Waals surface area contributed by atoms with Crippen molar-refractivity contribution in [2.24, 2.45) is 5.92 Å². The van der Waals surface area contributed by atoms with E-state index in [1.165, 1.54) is 39.0 Å². The van der Waals surface area contributed by atoms with Gasteiger partial charge >= 0.3 is 0 Å². The lowest BCUT2D eigenvalue weighted by Crippen LogP contribution is -2.42. The fourth-order valence-electron chi connectivity index (χ4n) is 4.79. The highest BCUT2D eigenvalue weighted by atomic mass is 16.5. The van der Waals surface area contributed by atoms with Gasteiger partial charge in [0.1, 0.15) is 6.10 Å². The van der Waals surface area contributed by atoms with Gasteiger partial charge in [-0.1, -0.05) is 74.6 Å². The van der Waals surface area contributed by atoms with E-state index in [9.17, 15) is 9.59 Å². The predicted octanol–water partition coefficient (Wildman–Crippen LogP) is 4.22. The molecule has 1 aliphatic rings. The molecule has 0 aliphatic heterocycles. The van der Waals surface area contributed by atoms with Crippen LogP contribution in [0.2, 0.25) is 0 Å². The molecule has 1 unspecified atom stereocenters. The molecule has 6 nitrogen and oxygen atoms in total. The van der Waals surface area contributed by atoms with E-state index in [-0.39, 0.29) is 24.0 Å². The smallest absolute Gasteiger partial charge is 0.251 e. The van der Waals surface area contributed by atoms with Gasteiger partial charge in [-0.15, -0.1) is 0 Å². The fraction of sp³-hybridized carbons (Fsp3) is 0.500. The molecule has 0 spiro atoms. The molecule has 0 saturated heterocycles. The highest BCUT2D eigenvalue weighted by Gasteiger charge is 2.22. The number of benzene rings is 2. The third-order valence-corrected chi connectivity index (χ3v) is 6.44. The summed E-state index contributed by atoms with van der Waals surface area (Å²) in [4.78, 5) is 24.4. The van der Waals surface area contributed by atoms with E-state index in [1.54, 1.807) is 0 Å². The van der Waals surface area contributed by atoms with Gasteiger partial charge < -0.3 is 20.7 Å². The molecular formula is C28H39N3O3. The molecule has 0 radical (unpaired) electrons. The van der Waals surface area contributed by atoms with Crippen molar-refractivity contribution < 1.29 is 14.3 Å². The summed E-state index contributed by atoms with van der Waals surface area (Å²) in [5.41, 5.74) is 2.56. The Labute approximate surface area is 203 Å². The predicted molar refractivity (Wildman–Crippen MR) is 136 cm³/mol. The molecule has 2 aromatic carbocycles. The number of rotatable bonds is 12. The zero-order valence-electron chi connectivity index (χ0n) is 20.5. The Balaban J connectivity index is 1.71. The second kappa shape index (κ2) is 13.9. The first-order valence-electron chi connectivity index (χ1n) is 12.5. The molecule has 34 heavy (non-hydrogen) atoms. The van der Waals surface area contributed by atoms with Crippen molar-refractivity contribution in [3.05, 3.63) is 71.3 Å². The molecular weight excluding hydrogens is 426 g/mol. The molecule has 2 aromatic rings. The quantitative estimate of drug-likeness (QED) is 0.410. The summed E-state index contributed by atoms with van der Waals surface area (Å²) < 4.78 is 6.16. The zero-order chi connectivity index (χ0) is 24.2. The van der Waals surface area contributed by atoms with Crippen molar-refractivity contribution in [1.82, 2.24) is 16.0 Å². The van der Waals surface area contributed by atoms with E-state index >= 15 is 0 Å². The maximum atomic E-state index is 13.2. The topological polar surface area (TPSA) is 79.5 Å². The minimum atomic E-state index is -0.321. The normalized spacial score (nSPS) is 15.9. The summed E-state index contributed by atoms with van der Waals surface area (Å²) in [6.45, 7) is 3.07. The summed E-state index contributed by atoms with van der Waals surface area (Å²) in [5, 5.41) is 9.27. The summed E-state index contributed by atoms with van der Waals surface area (Å²) in [6.07, 6.45) is 7.16. The molecule has 0 bridgehead atoms. The molecule has 2 atom stereocenters. The van der Waals surface area contributed by atoms with Crippen molar-refractivity contribution in [1.29, 1.82) is 0 Å². The second-order valence-corrected chi connectivity index (χ2v) is 9.24. The van der Waals surface area contributed by atoms with Crippen LogP contribution in [0.25, 0.3) is 0 Å². The average Bonchev–Trinajstić information content (AvgIpc) is 2.85. The van der Waals surface area contributed by atoms with E-state index < -0.39 is 0 Å². The Morgan fingerprint density at radius 2 is 1.74 bits per heavy atom. The molecule has 184 valence electrons. The number of hydrogen-bond acceptors (Lipinski definition) is 4. The number of hydrogen-bond donors (Lipinski definition) is 3. The van der Waals surface area contributed by atoms with Gasteiger partial charge in [-0.3, -0.25) is 9.59 Å². The minimum Gasteiger partial charge on any atom is -0.367 e. The van der Waals surface area contributed by atoms with E-state index in [0.717, 1.165) is 24.1 Å². The monoisotopic (exact) mass is 465 g/mol. The molecule has 6 heteroatoms. The summed E-state index contributed by atoms with van der Waals surface area (Å²) >= 11 is 0. The molecule has 3 N–H and O–H groups in total. The fourth-order valence-corrected chi connectivity index (χ4v) is 4.79. The molecule has 0 aromatic heterocycles. The third-order valence-electron chi connectivity index (χ3n) is 6.44. The number of likely N-dealkylation sites (N-methyl/N-ethyl adjacent to an activating group) is 1. The molecule has 1 fully saturated rings. The molecule has 1 saturated carbocycles. The molecule has 3 rings (SSSR count). The van der Waals surface area contributed by atoms with Crippen LogP contribution in [-0.4, -0.2) is 44.6 Å². The van der Waals surface area contributed by atoms with Crippen molar-refractivity contribution in [3.63, 3.8) is 0 Å². The first-order valence-corrected chi connectivity index (χ1v) is 12.5. The lowest BCUT2D eigenvalue weighted by Gasteiger charge is -2.27. The van der Waals surface area contributed by atoms with Gasteiger partial charge in [-0.25, -0.2) is 0 Å². The SMILES string of the molecule is CNC[C@H](CC1CCCCC1)NC(=O)c1cccc(C(OCCNC(C)=O)c2ccccc2)c1. The van der Waals surface area contributed by atoms with Crippen LogP contribution < -0.4 is 16.0 Å². The number of amides is 2. The Hall–Kier alpha value is -2.70. The maximum absolute atomic E-state index is 13.2. The lowest BCUT2D eigenvalue weighted by atomic mass is 9.84. The van der Waals surface area contributed by atoms with E-state index in [2.05, 4.69) is 16.0 Å². The van der Waals surface area contributed by atoms with Crippen LogP contribution in [0.5, 0.6) is 0 Å². The van der Waals surface area contributed by atoms with Gasteiger partial charge in [0.25, 0.3) is 5.91 Å². The van der Waals surface area contributed by atoms with E-state index in [4.69, 9.17) is 4.74 Å². The van der Waals surface area contributed by atoms with E-state index in [0.29, 0.717) is 24.6 Å². The van der Waals surface area contributed by atoms with Crippen molar-refractivity contribution in [2.75, 3.05) is 26.7 Å². The summed E-state index contributed by atoms with van der Waals surface area (Å²) in [7, 11) is 1.93. The standard InChI is InChI=1S/C28H39N3O3/c1-21(32)30-16-17-34-27(23-12-7-4-8-13-23)24-14-9-15-25(19-24)28(33)31-26(20-29-2)18-22-10-5-3-6-11-22/h4,7-9,12-15,19,22,26-27,29H,3,5-6,10-11,16-18,20H2,1-2H3,(H,30,32)(H,31,33)/t26-,27?/m0/s1. The van der Waals surface area contributed by atoms with Crippen LogP contribution in [0.15, 0.2) is 54.6 Å². The van der Waals surface area contributed by atoms with Crippen LogP contribution >= 0.6 is 0 Å². The first kappa shape index (κ1) is 25.9. The van der Waals surface area contributed by atoms with E-state index in [1.807, 2.05) is 61.6 Å². The number of nitrogens with one attached hydrogen (secondary N) is 3. The lowest BCUT2D eigenvalue weighted by molar-refractivity contribution is -0.119. The van der Waals surface area contributed by atoms with Gasteiger partial charge in [-0.05, 0) is 42.6 Å². The van der Waals surface area contributed by atoms with Gasteiger partial charge in [0.05, 0.1) is 6.61 Å². The minimum absolute atomic E-state index is 0.0528. The highest BCUT2D eigenvalue weighted by Crippen LogP contribution is 2.28. The molecule has 2 amide bonds. The molecule has 0 heterocycles.